The largest absolute Gasteiger partial charge is 0.368 e. The van der Waals surface area contributed by atoms with E-state index in [-0.39, 0.29) is 5.91 Å². The number of carbonyl (C=O) groups is 1. The van der Waals surface area contributed by atoms with E-state index in [0.29, 0.717) is 17.6 Å². The Labute approximate surface area is 120 Å². The minimum atomic E-state index is 0.0300. The van der Waals surface area contributed by atoms with Crippen LogP contribution in [0.4, 0.5) is 5.82 Å². The van der Waals surface area contributed by atoms with Crippen molar-refractivity contribution < 1.29 is 4.79 Å². The predicted molar refractivity (Wildman–Crippen MR) is 79.9 cm³/mol. The number of hydrogen-bond donors (Lipinski definition) is 1. The Kier molecular flexibility index (Phi) is 4.93. The summed E-state index contributed by atoms with van der Waals surface area (Å²) in [6.07, 6.45) is 4.41. The first-order valence-corrected chi connectivity index (χ1v) is 7.51. The van der Waals surface area contributed by atoms with Gasteiger partial charge in [0.1, 0.15) is 17.3 Å². The summed E-state index contributed by atoms with van der Waals surface area (Å²) < 4.78 is 0. The highest BCUT2D eigenvalue weighted by molar-refractivity contribution is 5.93. The first-order chi connectivity index (χ1) is 9.60. The van der Waals surface area contributed by atoms with Crippen LogP contribution in [-0.4, -0.2) is 39.9 Å². The molecule has 0 saturated carbocycles. The average molecular weight is 276 g/mol. The third kappa shape index (κ3) is 3.68. The standard InChI is InChI=1S/C15H24N4O/c1-4-11(2)16-14-10-13(17-12(3)18-14)15(20)19-8-6-5-7-9-19/h10-11H,4-9H2,1-3H3,(H,16,17,18)/t11-/m1/s1. The Hall–Kier alpha value is -1.65. The van der Waals surface area contributed by atoms with Crippen LogP contribution in [0.3, 0.4) is 0 Å². The molecule has 5 nitrogen and oxygen atoms in total. The maximum atomic E-state index is 12.5. The van der Waals surface area contributed by atoms with E-state index in [0.717, 1.165) is 38.2 Å². The van der Waals surface area contributed by atoms with Gasteiger partial charge in [0, 0.05) is 25.2 Å². The minimum absolute atomic E-state index is 0.0300. The van der Waals surface area contributed by atoms with E-state index in [1.54, 1.807) is 6.07 Å². The van der Waals surface area contributed by atoms with E-state index < -0.39 is 0 Å². The molecule has 0 bridgehead atoms. The van der Waals surface area contributed by atoms with Crippen molar-refractivity contribution >= 4 is 11.7 Å². The topological polar surface area (TPSA) is 58.1 Å². The van der Waals surface area contributed by atoms with Crippen LogP contribution < -0.4 is 5.32 Å². The molecule has 1 fully saturated rings. The molecule has 110 valence electrons. The Morgan fingerprint density at radius 2 is 2.05 bits per heavy atom. The van der Waals surface area contributed by atoms with Crippen LogP contribution in [0.2, 0.25) is 0 Å². The number of amides is 1. The number of hydrogen-bond acceptors (Lipinski definition) is 4. The van der Waals surface area contributed by atoms with Crippen molar-refractivity contribution in [3.63, 3.8) is 0 Å². The third-order valence-corrected chi connectivity index (χ3v) is 3.71. The van der Waals surface area contributed by atoms with Gasteiger partial charge in [-0.05, 0) is 39.5 Å². The summed E-state index contributed by atoms with van der Waals surface area (Å²) in [4.78, 5) is 23.0. The molecule has 0 aliphatic carbocycles. The number of aryl methyl sites for hydroxylation is 1. The van der Waals surface area contributed by atoms with Crippen molar-refractivity contribution in [3.05, 3.63) is 17.6 Å². The lowest BCUT2D eigenvalue weighted by Gasteiger charge is -2.26. The van der Waals surface area contributed by atoms with Crippen molar-refractivity contribution in [1.29, 1.82) is 0 Å². The molecule has 1 N–H and O–H groups in total. The van der Waals surface area contributed by atoms with Crippen molar-refractivity contribution in [2.24, 2.45) is 0 Å². The van der Waals surface area contributed by atoms with Gasteiger partial charge in [0.15, 0.2) is 0 Å². The van der Waals surface area contributed by atoms with Gasteiger partial charge in [0.25, 0.3) is 5.91 Å². The summed E-state index contributed by atoms with van der Waals surface area (Å²) in [5.41, 5.74) is 0.505. The smallest absolute Gasteiger partial charge is 0.272 e. The van der Waals surface area contributed by atoms with E-state index in [9.17, 15) is 4.79 Å². The molecule has 1 saturated heterocycles. The molecule has 0 spiro atoms. The fraction of sp³-hybridized carbons (Fsp3) is 0.667. The summed E-state index contributed by atoms with van der Waals surface area (Å²) in [5.74, 6) is 1.41. The number of rotatable bonds is 4. The fourth-order valence-electron chi connectivity index (χ4n) is 2.36. The molecule has 20 heavy (non-hydrogen) atoms. The maximum Gasteiger partial charge on any atom is 0.272 e. The molecule has 1 aliphatic heterocycles. The molecule has 0 aromatic carbocycles. The fourth-order valence-corrected chi connectivity index (χ4v) is 2.36. The van der Waals surface area contributed by atoms with E-state index in [1.807, 2.05) is 11.8 Å². The van der Waals surface area contributed by atoms with Crippen molar-refractivity contribution in [2.45, 2.75) is 52.5 Å². The maximum absolute atomic E-state index is 12.5. The molecule has 1 amide bonds. The van der Waals surface area contributed by atoms with Crippen LogP contribution >= 0.6 is 0 Å². The van der Waals surface area contributed by atoms with Crippen LogP contribution in [0.1, 0.15) is 55.8 Å². The van der Waals surface area contributed by atoms with E-state index >= 15 is 0 Å². The summed E-state index contributed by atoms with van der Waals surface area (Å²) in [7, 11) is 0. The monoisotopic (exact) mass is 276 g/mol. The van der Waals surface area contributed by atoms with Crippen LogP contribution in [0.15, 0.2) is 6.07 Å². The number of likely N-dealkylation sites (tertiary alicyclic amines) is 1. The lowest BCUT2D eigenvalue weighted by atomic mass is 10.1. The van der Waals surface area contributed by atoms with Gasteiger partial charge in [0.05, 0.1) is 0 Å². The SMILES string of the molecule is CC[C@@H](C)Nc1cc(C(=O)N2CCCCC2)nc(C)n1. The number of anilines is 1. The lowest BCUT2D eigenvalue weighted by Crippen LogP contribution is -2.36. The molecule has 2 rings (SSSR count). The number of nitrogens with one attached hydrogen (secondary N) is 1. The second-order valence-electron chi connectivity index (χ2n) is 5.49. The van der Waals surface area contributed by atoms with Gasteiger partial charge in [-0.3, -0.25) is 4.79 Å². The second-order valence-corrected chi connectivity index (χ2v) is 5.49. The highest BCUT2D eigenvalue weighted by Crippen LogP contribution is 2.15. The summed E-state index contributed by atoms with van der Waals surface area (Å²) in [6, 6.07) is 2.11. The van der Waals surface area contributed by atoms with Gasteiger partial charge in [-0.25, -0.2) is 9.97 Å². The summed E-state index contributed by atoms with van der Waals surface area (Å²) >= 11 is 0. The average Bonchev–Trinajstić information content (AvgIpc) is 2.46. The summed E-state index contributed by atoms with van der Waals surface area (Å²) in [5, 5.41) is 3.31. The van der Waals surface area contributed by atoms with Crippen molar-refractivity contribution in [3.8, 4) is 0 Å². The molecular weight excluding hydrogens is 252 g/mol. The van der Waals surface area contributed by atoms with E-state index in [2.05, 4.69) is 29.1 Å². The number of piperidine rings is 1. The van der Waals surface area contributed by atoms with Crippen LogP contribution in [0.25, 0.3) is 0 Å². The van der Waals surface area contributed by atoms with Gasteiger partial charge >= 0.3 is 0 Å². The lowest BCUT2D eigenvalue weighted by molar-refractivity contribution is 0.0718. The van der Waals surface area contributed by atoms with Crippen LogP contribution in [-0.2, 0) is 0 Å². The Morgan fingerprint density at radius 1 is 1.35 bits per heavy atom. The number of nitrogens with zero attached hydrogens (tertiary/aromatic N) is 3. The highest BCUT2D eigenvalue weighted by Gasteiger charge is 2.20. The van der Waals surface area contributed by atoms with Gasteiger partial charge in [-0.2, -0.15) is 0 Å². The Morgan fingerprint density at radius 3 is 2.70 bits per heavy atom. The zero-order valence-electron chi connectivity index (χ0n) is 12.6. The van der Waals surface area contributed by atoms with Gasteiger partial charge in [-0.1, -0.05) is 6.92 Å². The van der Waals surface area contributed by atoms with Crippen molar-refractivity contribution in [2.75, 3.05) is 18.4 Å². The third-order valence-electron chi connectivity index (χ3n) is 3.71. The first-order valence-electron chi connectivity index (χ1n) is 7.51. The predicted octanol–water partition coefficient (Wildman–Crippen LogP) is 2.62. The first kappa shape index (κ1) is 14.8. The second kappa shape index (κ2) is 6.68. The highest BCUT2D eigenvalue weighted by atomic mass is 16.2. The molecule has 2 heterocycles. The Bertz CT molecular complexity index is 469. The van der Waals surface area contributed by atoms with Crippen LogP contribution in [0, 0.1) is 6.92 Å². The zero-order valence-corrected chi connectivity index (χ0v) is 12.6. The van der Waals surface area contributed by atoms with Gasteiger partial charge in [-0.15, -0.1) is 0 Å². The number of carbonyl (C=O) groups excluding carboxylic acids is 1. The normalized spacial score (nSPS) is 16.9. The van der Waals surface area contributed by atoms with Gasteiger partial charge in [0.2, 0.25) is 0 Å². The minimum Gasteiger partial charge on any atom is -0.368 e. The van der Waals surface area contributed by atoms with E-state index in [4.69, 9.17) is 0 Å². The molecular formula is C15H24N4O. The quantitative estimate of drug-likeness (QED) is 0.918. The van der Waals surface area contributed by atoms with Gasteiger partial charge < -0.3 is 10.2 Å². The molecule has 0 unspecified atom stereocenters. The molecule has 1 aromatic rings. The Balaban J connectivity index is 2.16. The molecule has 1 aliphatic rings. The number of aromatic nitrogens is 2. The molecule has 5 heteroatoms. The van der Waals surface area contributed by atoms with Crippen LogP contribution in [0.5, 0.6) is 0 Å². The van der Waals surface area contributed by atoms with Crippen molar-refractivity contribution in [1.82, 2.24) is 14.9 Å². The molecule has 0 radical (unpaired) electrons. The molecule has 1 atom stereocenters. The van der Waals surface area contributed by atoms with E-state index in [1.165, 1.54) is 6.42 Å². The summed E-state index contributed by atoms with van der Waals surface area (Å²) in [6.45, 7) is 7.73. The molecule has 1 aromatic heterocycles. The zero-order chi connectivity index (χ0) is 14.5.